The van der Waals surface area contributed by atoms with Crippen molar-refractivity contribution in [3.63, 3.8) is 0 Å². The molecule has 1 unspecified atom stereocenters. The summed E-state index contributed by atoms with van der Waals surface area (Å²) in [5.74, 6) is -1.73. The van der Waals surface area contributed by atoms with E-state index < -0.39 is 23.8 Å². The number of benzene rings is 1. The van der Waals surface area contributed by atoms with E-state index in [9.17, 15) is 24.0 Å². The van der Waals surface area contributed by atoms with Crippen molar-refractivity contribution in [3.8, 4) is 0 Å². The molecule has 2 N–H and O–H groups in total. The van der Waals surface area contributed by atoms with Crippen LogP contribution >= 0.6 is 0 Å². The molecule has 1 atom stereocenters. The van der Waals surface area contributed by atoms with Crippen LogP contribution in [0.5, 0.6) is 0 Å². The van der Waals surface area contributed by atoms with Crippen LogP contribution < -0.4 is 15.5 Å². The summed E-state index contributed by atoms with van der Waals surface area (Å²) in [7, 11) is 0. The molecule has 11 heteroatoms. The molecular formula is C25H32N6O5. The van der Waals surface area contributed by atoms with E-state index >= 15 is 0 Å². The highest BCUT2D eigenvalue weighted by Gasteiger charge is 2.44. The molecule has 1 aromatic carbocycles. The monoisotopic (exact) mass is 496 g/mol. The van der Waals surface area contributed by atoms with Gasteiger partial charge in [0.25, 0.3) is 11.8 Å². The number of nitrogens with zero attached hydrogens (tertiary/aromatic N) is 4. The Bertz CT molecular complexity index is 1080. The van der Waals surface area contributed by atoms with Gasteiger partial charge in [-0.2, -0.15) is 0 Å². The third-order valence-electron chi connectivity index (χ3n) is 7.50. The summed E-state index contributed by atoms with van der Waals surface area (Å²) in [5.41, 5.74) is 1.46. The van der Waals surface area contributed by atoms with Gasteiger partial charge in [0.05, 0.1) is 11.1 Å². The molecule has 4 heterocycles. The molecule has 11 nitrogen and oxygen atoms in total. The molecule has 36 heavy (non-hydrogen) atoms. The third-order valence-corrected chi connectivity index (χ3v) is 7.50. The number of carbonyl (C=O) groups is 5. The number of hydrogen-bond donors (Lipinski definition) is 2. The second-order valence-electron chi connectivity index (χ2n) is 9.74. The number of nitrogens with one attached hydrogen (secondary N) is 2. The van der Waals surface area contributed by atoms with E-state index in [0.717, 1.165) is 75.9 Å². The summed E-state index contributed by atoms with van der Waals surface area (Å²) in [4.78, 5) is 69.5. The number of hydrogen-bond acceptors (Lipinski definition) is 8. The molecule has 0 aliphatic carbocycles. The summed E-state index contributed by atoms with van der Waals surface area (Å²) < 4.78 is 0. The van der Waals surface area contributed by atoms with Crippen molar-refractivity contribution in [1.82, 2.24) is 25.3 Å². The lowest BCUT2D eigenvalue weighted by atomic mass is 10.0. The predicted octanol–water partition coefficient (Wildman–Crippen LogP) is -0.578. The topological polar surface area (TPSA) is 122 Å². The zero-order valence-electron chi connectivity index (χ0n) is 20.3. The molecule has 0 aromatic heterocycles. The summed E-state index contributed by atoms with van der Waals surface area (Å²) in [6.07, 6.45) is 1.66. The number of anilines is 1. The predicted molar refractivity (Wildman–Crippen MR) is 130 cm³/mol. The number of fused-ring (bicyclic) bond motifs is 1. The van der Waals surface area contributed by atoms with Crippen molar-refractivity contribution < 1.29 is 24.0 Å². The minimum atomic E-state index is -0.958. The highest BCUT2D eigenvalue weighted by atomic mass is 16.2. The van der Waals surface area contributed by atoms with Crippen LogP contribution in [0.4, 0.5) is 5.69 Å². The minimum Gasteiger partial charge on any atom is -0.369 e. The maximum absolute atomic E-state index is 13.1. The van der Waals surface area contributed by atoms with E-state index in [0.29, 0.717) is 17.5 Å². The van der Waals surface area contributed by atoms with E-state index in [1.165, 1.54) is 0 Å². The Labute approximate surface area is 209 Å². The van der Waals surface area contributed by atoms with Crippen LogP contribution in [0.25, 0.3) is 0 Å². The second kappa shape index (κ2) is 10.4. The number of carbonyl (C=O) groups excluding carboxylic acids is 5. The number of imide groups is 2. The fourth-order valence-electron chi connectivity index (χ4n) is 5.41. The number of piperidine rings is 1. The van der Waals surface area contributed by atoms with Gasteiger partial charge < -0.3 is 15.1 Å². The van der Waals surface area contributed by atoms with Crippen LogP contribution in [0.3, 0.4) is 0 Å². The van der Waals surface area contributed by atoms with Crippen LogP contribution in [-0.4, -0.2) is 109 Å². The first kappa shape index (κ1) is 24.4. The third kappa shape index (κ3) is 4.85. The van der Waals surface area contributed by atoms with Crippen LogP contribution in [0, 0.1) is 0 Å². The number of rotatable bonds is 6. The molecule has 1 aromatic rings. The van der Waals surface area contributed by atoms with Crippen LogP contribution in [0.15, 0.2) is 18.2 Å². The van der Waals surface area contributed by atoms with Gasteiger partial charge in [-0.1, -0.05) is 0 Å². The van der Waals surface area contributed by atoms with Crippen LogP contribution in [-0.2, 0) is 14.4 Å². The number of piperazine rings is 2. The SMILES string of the molecule is O=C1CCC(N2C(=O)c3ccc(N4CCN(CCCC(=O)N5CCNCC5)CC4)cc3C2=O)C(=O)N1. The van der Waals surface area contributed by atoms with E-state index in [1.54, 1.807) is 12.1 Å². The molecule has 0 spiro atoms. The van der Waals surface area contributed by atoms with E-state index in [2.05, 4.69) is 20.4 Å². The smallest absolute Gasteiger partial charge is 0.262 e. The van der Waals surface area contributed by atoms with Gasteiger partial charge in [-0.15, -0.1) is 0 Å². The molecule has 0 bridgehead atoms. The Kier molecular flexibility index (Phi) is 7.01. The molecule has 4 aliphatic heterocycles. The van der Waals surface area contributed by atoms with Crippen LogP contribution in [0.2, 0.25) is 0 Å². The first-order valence-electron chi connectivity index (χ1n) is 12.7. The fourth-order valence-corrected chi connectivity index (χ4v) is 5.41. The zero-order chi connectivity index (χ0) is 25.2. The molecular weight excluding hydrogens is 464 g/mol. The molecule has 3 fully saturated rings. The Morgan fingerprint density at radius 1 is 0.917 bits per heavy atom. The Morgan fingerprint density at radius 3 is 2.36 bits per heavy atom. The first-order chi connectivity index (χ1) is 17.4. The first-order valence-corrected chi connectivity index (χ1v) is 12.7. The lowest BCUT2D eigenvalue weighted by molar-refractivity contribution is -0.136. The molecule has 0 radical (unpaired) electrons. The molecule has 3 saturated heterocycles. The lowest BCUT2D eigenvalue weighted by Crippen LogP contribution is -2.54. The van der Waals surface area contributed by atoms with E-state index in [-0.39, 0.29) is 24.7 Å². The highest BCUT2D eigenvalue weighted by Crippen LogP contribution is 2.31. The maximum Gasteiger partial charge on any atom is 0.262 e. The Balaban J connectivity index is 1.14. The van der Waals surface area contributed by atoms with Crippen molar-refractivity contribution in [2.75, 3.05) is 63.8 Å². The van der Waals surface area contributed by atoms with Crippen molar-refractivity contribution in [3.05, 3.63) is 29.3 Å². The largest absolute Gasteiger partial charge is 0.369 e. The molecule has 192 valence electrons. The van der Waals surface area contributed by atoms with Crippen molar-refractivity contribution in [1.29, 1.82) is 0 Å². The van der Waals surface area contributed by atoms with E-state index in [1.807, 2.05) is 11.0 Å². The van der Waals surface area contributed by atoms with Gasteiger partial charge in [-0.05, 0) is 37.6 Å². The Hall–Kier alpha value is -3.31. The van der Waals surface area contributed by atoms with Crippen molar-refractivity contribution in [2.24, 2.45) is 0 Å². The van der Waals surface area contributed by atoms with E-state index in [4.69, 9.17) is 0 Å². The van der Waals surface area contributed by atoms with Gasteiger partial charge >= 0.3 is 0 Å². The standard InChI is InChI=1S/C25H32N6O5/c32-21-6-5-20(23(34)27-21)31-24(35)18-4-3-17(16-19(18)25(31)36)29-14-12-28(13-15-29)9-1-2-22(33)30-10-7-26-8-11-30/h3-4,16,20,26H,1-2,5-15H2,(H,27,32,34). The molecule has 0 saturated carbocycles. The minimum absolute atomic E-state index is 0.100. The highest BCUT2D eigenvalue weighted by molar-refractivity contribution is 6.23. The molecule has 4 aliphatic rings. The average molecular weight is 497 g/mol. The average Bonchev–Trinajstić information content (AvgIpc) is 3.14. The van der Waals surface area contributed by atoms with Crippen LogP contribution in [0.1, 0.15) is 46.4 Å². The van der Waals surface area contributed by atoms with Crippen molar-refractivity contribution >= 4 is 35.2 Å². The van der Waals surface area contributed by atoms with Gasteiger partial charge in [0.15, 0.2) is 0 Å². The summed E-state index contributed by atoms with van der Waals surface area (Å²) in [5, 5.41) is 5.48. The van der Waals surface area contributed by atoms with Gasteiger partial charge in [0, 0.05) is 70.9 Å². The zero-order valence-corrected chi connectivity index (χ0v) is 20.3. The van der Waals surface area contributed by atoms with Crippen molar-refractivity contribution in [2.45, 2.75) is 31.7 Å². The quantitative estimate of drug-likeness (QED) is 0.502. The van der Waals surface area contributed by atoms with Gasteiger partial charge in [-0.25, -0.2) is 0 Å². The Morgan fingerprint density at radius 2 is 1.64 bits per heavy atom. The summed E-state index contributed by atoms with van der Waals surface area (Å²) in [6, 6.07) is 4.29. The normalized spacial score (nSPS) is 23.2. The maximum atomic E-state index is 13.1. The van der Waals surface area contributed by atoms with Gasteiger partial charge in [0.1, 0.15) is 6.04 Å². The summed E-state index contributed by atoms with van der Waals surface area (Å²) >= 11 is 0. The fraction of sp³-hybridized carbons (Fsp3) is 0.560. The molecule has 5 rings (SSSR count). The second-order valence-corrected chi connectivity index (χ2v) is 9.74. The number of amides is 5. The lowest BCUT2D eigenvalue weighted by Gasteiger charge is -2.36. The molecule has 5 amide bonds. The van der Waals surface area contributed by atoms with Gasteiger partial charge in [-0.3, -0.25) is 39.1 Å². The summed E-state index contributed by atoms with van der Waals surface area (Å²) in [6.45, 7) is 7.46. The van der Waals surface area contributed by atoms with Gasteiger partial charge in [0.2, 0.25) is 17.7 Å².